The molecule has 0 aromatic heterocycles. The van der Waals surface area contributed by atoms with Crippen molar-refractivity contribution in [2.45, 2.75) is 6.29 Å². The summed E-state index contributed by atoms with van der Waals surface area (Å²) in [5.41, 5.74) is 0. The second-order valence-electron chi connectivity index (χ2n) is 1.96. The van der Waals surface area contributed by atoms with Crippen LogP contribution in [0.2, 0.25) is 0 Å². The zero-order valence-electron chi connectivity index (χ0n) is 5.03. The zero-order valence-corrected chi connectivity index (χ0v) is 6.62. The SMILES string of the molecule is BrC1=CN2N=CNC2N=C1. The lowest BCUT2D eigenvalue weighted by Gasteiger charge is -2.18. The highest BCUT2D eigenvalue weighted by molar-refractivity contribution is 9.12. The van der Waals surface area contributed by atoms with Crippen molar-refractivity contribution in [3.8, 4) is 0 Å². The lowest BCUT2D eigenvalue weighted by atomic mass is 10.5. The van der Waals surface area contributed by atoms with E-state index in [1.807, 2.05) is 6.20 Å². The van der Waals surface area contributed by atoms with Crippen LogP contribution < -0.4 is 5.32 Å². The minimum Gasteiger partial charge on any atom is -0.335 e. The summed E-state index contributed by atoms with van der Waals surface area (Å²) < 4.78 is 0.935. The fourth-order valence-corrected chi connectivity index (χ4v) is 1.15. The molecular weight excluding hydrogens is 196 g/mol. The van der Waals surface area contributed by atoms with Crippen LogP contribution in [0.15, 0.2) is 20.8 Å². The van der Waals surface area contributed by atoms with Gasteiger partial charge in [-0.1, -0.05) is 0 Å². The van der Waals surface area contributed by atoms with Crippen molar-refractivity contribution in [1.82, 2.24) is 10.3 Å². The Morgan fingerprint density at radius 2 is 2.60 bits per heavy atom. The van der Waals surface area contributed by atoms with E-state index in [4.69, 9.17) is 0 Å². The standard InChI is InChI=1S/C5H5BrN4/c6-4-1-7-5-8-3-9-10(5)2-4/h1-3,5H,(H,8,9). The first-order chi connectivity index (χ1) is 4.86. The second-order valence-corrected chi connectivity index (χ2v) is 2.87. The monoisotopic (exact) mass is 200 g/mol. The predicted molar refractivity (Wildman–Crippen MR) is 42.8 cm³/mol. The van der Waals surface area contributed by atoms with Crippen LogP contribution in [0.25, 0.3) is 0 Å². The molecular formula is C5H5BrN4. The maximum atomic E-state index is 4.12. The summed E-state index contributed by atoms with van der Waals surface area (Å²) in [7, 11) is 0. The lowest BCUT2D eigenvalue weighted by molar-refractivity contribution is 0.309. The van der Waals surface area contributed by atoms with Crippen molar-refractivity contribution >= 4 is 28.5 Å². The van der Waals surface area contributed by atoms with Crippen molar-refractivity contribution in [2.24, 2.45) is 10.1 Å². The van der Waals surface area contributed by atoms with Crippen LogP contribution in [-0.2, 0) is 0 Å². The predicted octanol–water partition coefficient (Wildman–Crippen LogP) is 0.439. The molecule has 0 radical (unpaired) electrons. The smallest absolute Gasteiger partial charge is 0.216 e. The van der Waals surface area contributed by atoms with Gasteiger partial charge < -0.3 is 5.32 Å². The summed E-state index contributed by atoms with van der Waals surface area (Å²) in [6.07, 6.45) is 5.22. The minimum absolute atomic E-state index is 0.0266. The molecule has 52 valence electrons. The maximum Gasteiger partial charge on any atom is 0.216 e. The van der Waals surface area contributed by atoms with E-state index >= 15 is 0 Å². The normalized spacial score (nSPS) is 27.9. The van der Waals surface area contributed by atoms with Crippen molar-refractivity contribution in [2.75, 3.05) is 0 Å². The summed E-state index contributed by atoms with van der Waals surface area (Å²) >= 11 is 3.29. The fraction of sp³-hybridized carbons (Fsp3) is 0.200. The third-order valence-electron chi connectivity index (χ3n) is 1.26. The minimum atomic E-state index is -0.0266. The summed E-state index contributed by atoms with van der Waals surface area (Å²) in [6.45, 7) is 0. The highest BCUT2D eigenvalue weighted by Gasteiger charge is 2.18. The maximum absolute atomic E-state index is 4.12. The van der Waals surface area contributed by atoms with Crippen LogP contribution in [0.3, 0.4) is 0 Å². The van der Waals surface area contributed by atoms with E-state index in [9.17, 15) is 0 Å². The molecule has 4 nitrogen and oxygen atoms in total. The van der Waals surface area contributed by atoms with Crippen LogP contribution in [0.4, 0.5) is 0 Å². The van der Waals surface area contributed by atoms with Crippen molar-refractivity contribution < 1.29 is 0 Å². The van der Waals surface area contributed by atoms with Gasteiger partial charge in [0.25, 0.3) is 0 Å². The first-order valence-electron chi connectivity index (χ1n) is 2.83. The molecule has 0 aliphatic carbocycles. The molecule has 2 aliphatic rings. The topological polar surface area (TPSA) is 40.0 Å². The molecule has 5 heteroatoms. The van der Waals surface area contributed by atoms with Crippen LogP contribution in [-0.4, -0.2) is 23.9 Å². The Kier molecular flexibility index (Phi) is 1.23. The van der Waals surface area contributed by atoms with Gasteiger partial charge in [0.2, 0.25) is 6.29 Å². The number of hydrogen-bond acceptors (Lipinski definition) is 4. The molecule has 1 N–H and O–H groups in total. The van der Waals surface area contributed by atoms with E-state index in [1.165, 1.54) is 0 Å². The summed E-state index contributed by atoms with van der Waals surface area (Å²) in [5, 5.41) is 8.68. The average molecular weight is 201 g/mol. The van der Waals surface area contributed by atoms with E-state index in [0.717, 1.165) is 4.48 Å². The Morgan fingerprint density at radius 1 is 1.70 bits per heavy atom. The molecule has 2 heterocycles. The Bertz CT molecular complexity index is 232. The molecule has 0 aromatic rings. The second kappa shape index (κ2) is 2.09. The van der Waals surface area contributed by atoms with E-state index in [0.29, 0.717) is 0 Å². The number of allylic oxidation sites excluding steroid dienone is 1. The van der Waals surface area contributed by atoms with Crippen LogP contribution in [0.5, 0.6) is 0 Å². The van der Waals surface area contributed by atoms with Gasteiger partial charge in [-0.3, -0.25) is 0 Å². The fourth-order valence-electron chi connectivity index (χ4n) is 0.823. The molecule has 10 heavy (non-hydrogen) atoms. The number of fused-ring (bicyclic) bond motifs is 1. The van der Waals surface area contributed by atoms with Crippen LogP contribution >= 0.6 is 15.9 Å². The van der Waals surface area contributed by atoms with Crippen molar-refractivity contribution in [3.05, 3.63) is 10.7 Å². The van der Waals surface area contributed by atoms with Crippen LogP contribution in [0.1, 0.15) is 0 Å². The summed E-state index contributed by atoms with van der Waals surface area (Å²) in [5.74, 6) is 0. The van der Waals surface area contributed by atoms with Gasteiger partial charge in [0.05, 0.1) is 4.48 Å². The Morgan fingerprint density at radius 3 is 3.50 bits per heavy atom. The van der Waals surface area contributed by atoms with Gasteiger partial charge in [0.15, 0.2) is 0 Å². The Labute approximate surface area is 66.4 Å². The lowest BCUT2D eigenvalue weighted by Crippen LogP contribution is -2.32. The summed E-state index contributed by atoms with van der Waals surface area (Å²) in [6, 6.07) is 0. The third-order valence-corrected chi connectivity index (χ3v) is 1.67. The number of nitrogens with one attached hydrogen (secondary N) is 1. The van der Waals surface area contributed by atoms with Crippen molar-refractivity contribution in [3.63, 3.8) is 0 Å². The number of halogens is 1. The van der Waals surface area contributed by atoms with Gasteiger partial charge in [-0.15, -0.1) is 0 Å². The van der Waals surface area contributed by atoms with Gasteiger partial charge in [0.1, 0.15) is 6.34 Å². The van der Waals surface area contributed by atoms with E-state index in [2.05, 4.69) is 31.3 Å². The number of rotatable bonds is 0. The van der Waals surface area contributed by atoms with Gasteiger partial charge in [-0.25, -0.2) is 10.0 Å². The Hall–Kier alpha value is -0.840. The first kappa shape index (κ1) is 5.91. The molecule has 0 aromatic carbocycles. The molecule has 0 bridgehead atoms. The molecule has 2 rings (SSSR count). The molecule has 0 fully saturated rings. The number of nitrogens with zero attached hydrogens (tertiary/aromatic N) is 3. The number of aliphatic imine (C=N–C) groups is 1. The van der Waals surface area contributed by atoms with Gasteiger partial charge >= 0.3 is 0 Å². The van der Waals surface area contributed by atoms with E-state index < -0.39 is 0 Å². The molecule has 0 saturated carbocycles. The van der Waals surface area contributed by atoms with Gasteiger partial charge in [-0.05, 0) is 15.9 Å². The first-order valence-corrected chi connectivity index (χ1v) is 3.63. The number of hydrazone groups is 1. The number of hydrogen-bond donors (Lipinski definition) is 1. The highest BCUT2D eigenvalue weighted by atomic mass is 79.9. The van der Waals surface area contributed by atoms with Crippen LogP contribution in [0, 0.1) is 0 Å². The molecule has 1 unspecified atom stereocenters. The van der Waals surface area contributed by atoms with Gasteiger partial charge in [0, 0.05) is 12.4 Å². The summed E-state index contributed by atoms with van der Waals surface area (Å²) in [4.78, 5) is 4.12. The highest BCUT2D eigenvalue weighted by Crippen LogP contribution is 2.14. The average Bonchev–Trinajstić information content (AvgIpc) is 2.33. The quantitative estimate of drug-likeness (QED) is 0.617. The van der Waals surface area contributed by atoms with Gasteiger partial charge in [-0.2, -0.15) is 5.10 Å². The largest absolute Gasteiger partial charge is 0.335 e. The molecule has 0 saturated heterocycles. The molecule has 2 aliphatic heterocycles. The zero-order chi connectivity index (χ0) is 6.97. The van der Waals surface area contributed by atoms with E-state index in [-0.39, 0.29) is 6.29 Å². The molecule has 0 spiro atoms. The third kappa shape index (κ3) is 0.824. The van der Waals surface area contributed by atoms with Crippen molar-refractivity contribution in [1.29, 1.82) is 0 Å². The van der Waals surface area contributed by atoms with E-state index in [1.54, 1.807) is 17.6 Å². The molecule has 0 amide bonds. The molecule has 1 atom stereocenters. The Balaban J connectivity index is 2.26.